The van der Waals surface area contributed by atoms with Crippen LogP contribution in [0.25, 0.3) is 0 Å². The van der Waals surface area contributed by atoms with E-state index in [1.807, 2.05) is 13.8 Å². The molecule has 1 amide bonds. The summed E-state index contributed by atoms with van der Waals surface area (Å²) in [6.45, 7) is 4.34. The molecule has 1 unspecified atom stereocenters. The van der Waals surface area contributed by atoms with E-state index in [0.29, 0.717) is 25.3 Å². The average molecular weight is 327 g/mol. The van der Waals surface area contributed by atoms with E-state index in [0.717, 1.165) is 0 Å². The standard InChI is InChI=1S/C14H21N3O6/c1-4-21-8(2)12-15-11(23-16-12)7-17(3)13(18)9-5-6-10(22-9)14(19)20/h8-10H,4-7H2,1-3H3,(H,19,20)/t8?,9-,10+/m0/s1. The van der Waals surface area contributed by atoms with Gasteiger partial charge in [-0.05, 0) is 26.7 Å². The molecule has 9 heteroatoms. The molecule has 9 nitrogen and oxygen atoms in total. The summed E-state index contributed by atoms with van der Waals surface area (Å²) in [6, 6.07) is 0. The largest absolute Gasteiger partial charge is 0.479 e. The molecular formula is C14H21N3O6. The van der Waals surface area contributed by atoms with E-state index < -0.39 is 18.2 Å². The Morgan fingerprint density at radius 2 is 2.13 bits per heavy atom. The molecule has 0 bridgehead atoms. The Labute approximate surface area is 133 Å². The first-order valence-corrected chi connectivity index (χ1v) is 7.49. The number of amides is 1. The number of carboxylic acids is 1. The monoisotopic (exact) mass is 327 g/mol. The molecule has 23 heavy (non-hydrogen) atoms. The quantitative estimate of drug-likeness (QED) is 0.780. The zero-order valence-electron chi connectivity index (χ0n) is 13.4. The maximum Gasteiger partial charge on any atom is 0.332 e. The Bertz CT molecular complexity index is 560. The van der Waals surface area contributed by atoms with Crippen LogP contribution in [0.3, 0.4) is 0 Å². The molecule has 0 aliphatic carbocycles. The minimum atomic E-state index is -1.05. The highest BCUT2D eigenvalue weighted by Crippen LogP contribution is 2.22. The van der Waals surface area contributed by atoms with Crippen LogP contribution in [-0.2, 0) is 25.6 Å². The van der Waals surface area contributed by atoms with Crippen molar-refractivity contribution in [3.63, 3.8) is 0 Å². The van der Waals surface area contributed by atoms with Crippen LogP contribution in [0.1, 0.15) is 44.5 Å². The first kappa shape index (κ1) is 17.4. The third kappa shape index (κ3) is 4.26. The molecule has 1 aliphatic heterocycles. The van der Waals surface area contributed by atoms with Gasteiger partial charge in [-0.3, -0.25) is 4.79 Å². The topological polar surface area (TPSA) is 115 Å². The first-order chi connectivity index (χ1) is 10.9. The molecule has 0 aromatic carbocycles. The number of aromatic nitrogens is 2. The number of hydrogen-bond acceptors (Lipinski definition) is 7. The van der Waals surface area contributed by atoms with E-state index in [1.165, 1.54) is 4.90 Å². The summed E-state index contributed by atoms with van der Waals surface area (Å²) in [5, 5.41) is 12.7. The van der Waals surface area contributed by atoms with Crippen LogP contribution in [0, 0.1) is 0 Å². The second kappa shape index (κ2) is 7.51. The van der Waals surface area contributed by atoms with E-state index >= 15 is 0 Å². The van der Waals surface area contributed by atoms with Crippen LogP contribution in [-0.4, -0.2) is 57.9 Å². The third-order valence-electron chi connectivity index (χ3n) is 3.58. The maximum absolute atomic E-state index is 12.3. The molecule has 0 spiro atoms. The Kier molecular flexibility index (Phi) is 5.67. The van der Waals surface area contributed by atoms with Gasteiger partial charge in [-0.15, -0.1) is 0 Å². The number of aliphatic carboxylic acids is 1. The van der Waals surface area contributed by atoms with Crippen LogP contribution < -0.4 is 0 Å². The number of nitrogens with zero attached hydrogens (tertiary/aromatic N) is 3. The van der Waals surface area contributed by atoms with Crippen molar-refractivity contribution >= 4 is 11.9 Å². The fourth-order valence-electron chi connectivity index (χ4n) is 2.35. The van der Waals surface area contributed by atoms with Crippen molar-refractivity contribution in [3.8, 4) is 0 Å². The van der Waals surface area contributed by atoms with Crippen LogP contribution in [0.4, 0.5) is 0 Å². The molecule has 2 heterocycles. The molecule has 0 saturated carbocycles. The van der Waals surface area contributed by atoms with Gasteiger partial charge < -0.3 is 24.0 Å². The summed E-state index contributed by atoms with van der Waals surface area (Å²) in [6.07, 6.45) is -1.23. The molecule has 3 atom stereocenters. The van der Waals surface area contributed by atoms with E-state index in [-0.39, 0.29) is 24.4 Å². The molecular weight excluding hydrogens is 306 g/mol. The fraction of sp³-hybridized carbons (Fsp3) is 0.714. The Hall–Kier alpha value is -2.00. The molecule has 1 saturated heterocycles. The molecule has 1 fully saturated rings. The summed E-state index contributed by atoms with van der Waals surface area (Å²) in [7, 11) is 1.58. The Morgan fingerprint density at radius 3 is 2.74 bits per heavy atom. The van der Waals surface area contributed by atoms with Crippen molar-refractivity contribution < 1.29 is 28.7 Å². The van der Waals surface area contributed by atoms with Gasteiger partial charge in [0, 0.05) is 13.7 Å². The number of likely N-dealkylation sites (N-methyl/N-ethyl adjacent to an activating group) is 1. The molecule has 1 aliphatic rings. The van der Waals surface area contributed by atoms with Gasteiger partial charge in [-0.25, -0.2) is 4.79 Å². The van der Waals surface area contributed by atoms with Crippen molar-refractivity contribution in [2.75, 3.05) is 13.7 Å². The van der Waals surface area contributed by atoms with Crippen molar-refractivity contribution in [2.24, 2.45) is 0 Å². The summed E-state index contributed by atoms with van der Waals surface area (Å²) >= 11 is 0. The van der Waals surface area contributed by atoms with E-state index in [1.54, 1.807) is 7.05 Å². The predicted octanol–water partition coefficient (Wildman–Crippen LogP) is 0.758. The van der Waals surface area contributed by atoms with Crippen molar-refractivity contribution in [3.05, 3.63) is 11.7 Å². The van der Waals surface area contributed by atoms with Gasteiger partial charge in [0.2, 0.25) is 5.89 Å². The lowest BCUT2D eigenvalue weighted by atomic mass is 10.2. The van der Waals surface area contributed by atoms with Crippen molar-refractivity contribution in [2.45, 2.75) is 51.5 Å². The van der Waals surface area contributed by atoms with Crippen molar-refractivity contribution in [1.82, 2.24) is 15.0 Å². The first-order valence-electron chi connectivity index (χ1n) is 7.49. The van der Waals surface area contributed by atoms with E-state index in [9.17, 15) is 9.59 Å². The highest BCUT2D eigenvalue weighted by molar-refractivity contribution is 5.82. The van der Waals surface area contributed by atoms with Gasteiger partial charge in [0.1, 0.15) is 12.2 Å². The molecule has 1 aromatic heterocycles. The smallest absolute Gasteiger partial charge is 0.332 e. The lowest BCUT2D eigenvalue weighted by Crippen LogP contribution is -2.36. The average Bonchev–Trinajstić information content (AvgIpc) is 3.15. The van der Waals surface area contributed by atoms with Gasteiger partial charge in [0.15, 0.2) is 11.9 Å². The molecule has 128 valence electrons. The molecule has 1 N–H and O–H groups in total. The fourth-order valence-corrected chi connectivity index (χ4v) is 2.35. The van der Waals surface area contributed by atoms with E-state index in [2.05, 4.69) is 10.1 Å². The SMILES string of the molecule is CCOC(C)c1noc(CN(C)C(=O)[C@@H]2CC[C@H](C(=O)O)O2)n1. The van der Waals surface area contributed by atoms with Crippen LogP contribution in [0.5, 0.6) is 0 Å². The Balaban J connectivity index is 1.90. The summed E-state index contributed by atoms with van der Waals surface area (Å²) < 4.78 is 15.7. The summed E-state index contributed by atoms with van der Waals surface area (Å²) in [5.74, 6) is -0.637. The minimum Gasteiger partial charge on any atom is -0.479 e. The molecule has 0 radical (unpaired) electrons. The normalized spacial score (nSPS) is 22.0. The predicted molar refractivity (Wildman–Crippen MR) is 76.3 cm³/mol. The van der Waals surface area contributed by atoms with E-state index in [4.69, 9.17) is 19.1 Å². The summed E-state index contributed by atoms with van der Waals surface area (Å²) in [5.41, 5.74) is 0. The Morgan fingerprint density at radius 1 is 1.43 bits per heavy atom. The van der Waals surface area contributed by atoms with Crippen molar-refractivity contribution in [1.29, 1.82) is 0 Å². The highest BCUT2D eigenvalue weighted by Gasteiger charge is 2.36. The van der Waals surface area contributed by atoms with Gasteiger partial charge in [-0.1, -0.05) is 5.16 Å². The number of carboxylic acid groups (broad SMARTS) is 1. The maximum atomic E-state index is 12.3. The third-order valence-corrected chi connectivity index (χ3v) is 3.58. The van der Waals surface area contributed by atoms with Crippen LogP contribution >= 0.6 is 0 Å². The number of rotatable bonds is 7. The van der Waals surface area contributed by atoms with Crippen LogP contribution in [0.2, 0.25) is 0 Å². The number of hydrogen-bond donors (Lipinski definition) is 1. The number of carbonyl (C=O) groups excluding carboxylic acids is 1. The summed E-state index contributed by atoms with van der Waals surface area (Å²) in [4.78, 5) is 28.7. The van der Waals surface area contributed by atoms with Gasteiger partial charge in [-0.2, -0.15) is 4.98 Å². The molecule has 2 rings (SSSR count). The van der Waals surface area contributed by atoms with Crippen LogP contribution in [0.15, 0.2) is 4.52 Å². The van der Waals surface area contributed by atoms with Gasteiger partial charge >= 0.3 is 5.97 Å². The second-order valence-corrected chi connectivity index (χ2v) is 5.37. The number of ether oxygens (including phenoxy) is 2. The number of carbonyl (C=O) groups is 2. The lowest BCUT2D eigenvalue weighted by molar-refractivity contribution is -0.154. The second-order valence-electron chi connectivity index (χ2n) is 5.37. The highest BCUT2D eigenvalue weighted by atomic mass is 16.5. The lowest BCUT2D eigenvalue weighted by Gasteiger charge is -2.19. The minimum absolute atomic E-state index is 0.127. The zero-order valence-corrected chi connectivity index (χ0v) is 13.4. The molecule has 1 aromatic rings. The van der Waals surface area contributed by atoms with Gasteiger partial charge in [0.05, 0.1) is 6.54 Å². The van der Waals surface area contributed by atoms with Gasteiger partial charge in [0.25, 0.3) is 5.91 Å². The zero-order chi connectivity index (χ0) is 17.0.